The Labute approximate surface area is 172 Å². The van der Waals surface area contributed by atoms with E-state index in [0.29, 0.717) is 18.4 Å². The quantitative estimate of drug-likeness (QED) is 0.502. The normalized spacial score (nSPS) is 11.7. The molecule has 0 unspecified atom stereocenters. The molecule has 154 valence electrons. The number of hydrogen-bond acceptors (Lipinski definition) is 6. The fraction of sp³-hybridized carbons (Fsp3) is 0.333. The first-order valence-corrected chi connectivity index (χ1v) is 9.55. The van der Waals surface area contributed by atoms with Gasteiger partial charge < -0.3 is 14.6 Å². The molecule has 8 nitrogen and oxygen atoms in total. The molecular weight excluding hydrogens is 385 g/mol. The molecule has 1 aromatic carbocycles. The summed E-state index contributed by atoms with van der Waals surface area (Å²) in [6.45, 7) is 3.89. The summed E-state index contributed by atoms with van der Waals surface area (Å²) in [5, 5.41) is 16.8. The van der Waals surface area contributed by atoms with Crippen molar-refractivity contribution in [1.29, 1.82) is 5.26 Å². The molecule has 9 heteroatoms. The van der Waals surface area contributed by atoms with Gasteiger partial charge in [0, 0.05) is 18.3 Å². The Bertz CT molecular complexity index is 1250. The first-order valence-electron chi connectivity index (χ1n) is 9.55. The van der Waals surface area contributed by atoms with Crippen molar-refractivity contribution in [3.8, 4) is 23.1 Å². The fourth-order valence-corrected chi connectivity index (χ4v) is 3.28. The van der Waals surface area contributed by atoms with Crippen LogP contribution < -0.4 is 10.1 Å². The van der Waals surface area contributed by atoms with Crippen molar-refractivity contribution in [2.75, 3.05) is 25.6 Å². The van der Waals surface area contributed by atoms with E-state index in [0.717, 1.165) is 27.7 Å². The number of hydrogen-bond donors (Lipinski definition) is 1. The van der Waals surface area contributed by atoms with Crippen LogP contribution in [0.25, 0.3) is 27.7 Å². The number of nitrogens with one attached hydrogen (secondary N) is 1. The van der Waals surface area contributed by atoms with E-state index in [9.17, 15) is 9.65 Å². The average Bonchev–Trinajstić information content (AvgIpc) is 3.36. The maximum Gasteiger partial charge on any atom is 0.244 e. The van der Waals surface area contributed by atoms with Crippen molar-refractivity contribution in [1.82, 2.24) is 24.1 Å². The number of ether oxygens (including phenoxy) is 1. The smallest absolute Gasteiger partial charge is 0.244 e. The van der Waals surface area contributed by atoms with Crippen molar-refractivity contribution in [3.05, 3.63) is 36.8 Å². The number of nitriles is 1. The SMILES string of the molecule is COc1nc(NCC(C)(C)C#N)nn2ccc(-c3ccc4ncn(CCF)c4c3)c12. The zero-order chi connectivity index (χ0) is 21.3. The number of benzene rings is 1. The molecule has 0 aliphatic carbocycles. The molecule has 0 radical (unpaired) electrons. The van der Waals surface area contributed by atoms with Gasteiger partial charge in [-0.15, -0.1) is 5.10 Å². The lowest BCUT2D eigenvalue weighted by Crippen LogP contribution is -2.22. The lowest BCUT2D eigenvalue weighted by atomic mass is 9.96. The van der Waals surface area contributed by atoms with E-state index in [-0.39, 0.29) is 6.54 Å². The van der Waals surface area contributed by atoms with Crippen LogP contribution in [0.5, 0.6) is 5.88 Å². The third-order valence-electron chi connectivity index (χ3n) is 4.92. The summed E-state index contributed by atoms with van der Waals surface area (Å²) < 4.78 is 21.9. The summed E-state index contributed by atoms with van der Waals surface area (Å²) in [6.07, 6.45) is 3.48. The van der Waals surface area contributed by atoms with E-state index in [2.05, 4.69) is 26.5 Å². The molecule has 0 bridgehead atoms. The number of anilines is 1. The Morgan fingerprint density at radius 2 is 2.13 bits per heavy atom. The number of halogens is 1. The molecule has 0 aliphatic rings. The maximum absolute atomic E-state index is 12.9. The van der Waals surface area contributed by atoms with Gasteiger partial charge in [0.1, 0.15) is 12.2 Å². The number of imidazole rings is 1. The predicted octanol–water partition coefficient (Wildman–Crippen LogP) is 3.69. The standard InChI is InChI=1S/C21H22FN7O/c1-21(2,11-23)12-24-20-26-19(30-3)18-15(6-8-29(18)27-20)14-4-5-16-17(10-14)28(9-7-22)13-25-16/h4-6,8,10,13H,7,9,12H2,1-3H3,(H,24,27). The molecule has 0 saturated carbocycles. The van der Waals surface area contributed by atoms with E-state index in [1.807, 2.05) is 44.3 Å². The average molecular weight is 407 g/mol. The summed E-state index contributed by atoms with van der Waals surface area (Å²) in [6, 6.07) is 10.0. The number of methoxy groups -OCH3 is 1. The van der Waals surface area contributed by atoms with E-state index in [1.165, 1.54) is 0 Å². The molecule has 0 amide bonds. The number of aromatic nitrogens is 5. The molecule has 3 aromatic heterocycles. The lowest BCUT2D eigenvalue weighted by Gasteiger charge is -2.16. The summed E-state index contributed by atoms with van der Waals surface area (Å²) in [7, 11) is 1.56. The summed E-state index contributed by atoms with van der Waals surface area (Å²) in [5.41, 5.74) is 3.67. The lowest BCUT2D eigenvalue weighted by molar-refractivity contribution is 0.399. The Morgan fingerprint density at radius 3 is 2.87 bits per heavy atom. The Morgan fingerprint density at radius 1 is 1.30 bits per heavy atom. The van der Waals surface area contributed by atoms with Gasteiger partial charge >= 0.3 is 0 Å². The minimum atomic E-state index is -0.550. The van der Waals surface area contributed by atoms with Crippen molar-refractivity contribution in [2.24, 2.45) is 5.41 Å². The molecule has 1 N–H and O–H groups in total. The summed E-state index contributed by atoms with van der Waals surface area (Å²) >= 11 is 0. The van der Waals surface area contributed by atoms with Gasteiger partial charge in [-0.25, -0.2) is 13.9 Å². The second-order valence-electron chi connectivity index (χ2n) is 7.65. The number of aryl methyl sites for hydroxylation is 1. The highest BCUT2D eigenvalue weighted by Gasteiger charge is 2.19. The second kappa shape index (κ2) is 7.63. The Kier molecular flexibility index (Phi) is 4.99. The van der Waals surface area contributed by atoms with Gasteiger partial charge in [-0.2, -0.15) is 10.2 Å². The predicted molar refractivity (Wildman–Crippen MR) is 112 cm³/mol. The number of alkyl halides is 1. The third-order valence-corrected chi connectivity index (χ3v) is 4.92. The zero-order valence-electron chi connectivity index (χ0n) is 17.1. The minimum absolute atomic E-state index is 0.261. The van der Waals surface area contributed by atoms with E-state index < -0.39 is 12.1 Å². The highest BCUT2D eigenvalue weighted by Crippen LogP contribution is 2.33. The van der Waals surface area contributed by atoms with Gasteiger partial charge in [0.05, 0.1) is 42.5 Å². The van der Waals surface area contributed by atoms with Gasteiger partial charge in [-0.05, 0) is 37.6 Å². The Hall–Kier alpha value is -3.67. The van der Waals surface area contributed by atoms with Crippen LogP contribution in [0.3, 0.4) is 0 Å². The molecule has 30 heavy (non-hydrogen) atoms. The van der Waals surface area contributed by atoms with Crippen LogP contribution in [-0.2, 0) is 6.54 Å². The Balaban J connectivity index is 1.76. The van der Waals surface area contributed by atoms with Crippen LogP contribution in [0.2, 0.25) is 0 Å². The molecule has 0 atom stereocenters. The topological polar surface area (TPSA) is 93.1 Å². The first kappa shape index (κ1) is 19.6. The molecule has 0 saturated heterocycles. The summed E-state index contributed by atoms with van der Waals surface area (Å²) in [5.74, 6) is 0.793. The van der Waals surface area contributed by atoms with E-state index in [1.54, 1.807) is 22.5 Å². The van der Waals surface area contributed by atoms with E-state index in [4.69, 9.17) is 4.74 Å². The second-order valence-corrected chi connectivity index (χ2v) is 7.65. The molecule has 4 rings (SSSR count). The molecule has 0 spiro atoms. The van der Waals surface area contributed by atoms with Gasteiger partial charge in [0.15, 0.2) is 0 Å². The molecule has 0 fully saturated rings. The van der Waals surface area contributed by atoms with Crippen LogP contribution in [0, 0.1) is 16.7 Å². The van der Waals surface area contributed by atoms with Crippen LogP contribution >= 0.6 is 0 Å². The third kappa shape index (κ3) is 3.52. The number of rotatable bonds is 7. The molecular formula is C21H22FN7O. The maximum atomic E-state index is 12.9. The zero-order valence-corrected chi connectivity index (χ0v) is 17.1. The summed E-state index contributed by atoms with van der Waals surface area (Å²) in [4.78, 5) is 8.80. The van der Waals surface area contributed by atoms with Crippen LogP contribution in [0.4, 0.5) is 10.3 Å². The van der Waals surface area contributed by atoms with Gasteiger partial charge in [-0.1, -0.05) is 6.07 Å². The van der Waals surface area contributed by atoms with Crippen LogP contribution in [0.15, 0.2) is 36.8 Å². The van der Waals surface area contributed by atoms with Gasteiger partial charge in [-0.3, -0.25) is 0 Å². The van der Waals surface area contributed by atoms with Crippen LogP contribution in [-0.4, -0.2) is 44.5 Å². The van der Waals surface area contributed by atoms with Crippen LogP contribution in [0.1, 0.15) is 13.8 Å². The number of fused-ring (bicyclic) bond motifs is 2. The van der Waals surface area contributed by atoms with Gasteiger partial charge in [0.25, 0.3) is 0 Å². The largest absolute Gasteiger partial charge is 0.479 e. The molecule has 0 aliphatic heterocycles. The monoisotopic (exact) mass is 407 g/mol. The first-order chi connectivity index (χ1) is 14.5. The molecule has 3 heterocycles. The van der Waals surface area contributed by atoms with Crippen molar-refractivity contribution >= 4 is 22.5 Å². The number of nitrogens with zero attached hydrogens (tertiary/aromatic N) is 6. The minimum Gasteiger partial charge on any atom is -0.479 e. The van der Waals surface area contributed by atoms with Gasteiger partial charge in [0.2, 0.25) is 11.8 Å². The van der Waals surface area contributed by atoms with Crippen molar-refractivity contribution in [2.45, 2.75) is 20.4 Å². The fourth-order valence-electron chi connectivity index (χ4n) is 3.28. The van der Waals surface area contributed by atoms with Crippen molar-refractivity contribution < 1.29 is 9.13 Å². The van der Waals surface area contributed by atoms with E-state index >= 15 is 0 Å². The van der Waals surface area contributed by atoms with Crippen molar-refractivity contribution in [3.63, 3.8) is 0 Å². The highest BCUT2D eigenvalue weighted by atomic mass is 19.1. The molecule has 4 aromatic rings. The highest BCUT2D eigenvalue weighted by molar-refractivity contribution is 5.89.